The zero-order valence-electron chi connectivity index (χ0n) is 17.4. The summed E-state index contributed by atoms with van der Waals surface area (Å²) in [6.45, 7) is 2.18. The van der Waals surface area contributed by atoms with Crippen LogP contribution in [0.15, 0.2) is 46.6 Å². The Labute approximate surface area is 189 Å². The van der Waals surface area contributed by atoms with Gasteiger partial charge in [-0.05, 0) is 43.0 Å². The molecule has 12 heteroatoms. The summed E-state index contributed by atoms with van der Waals surface area (Å²) < 4.78 is 39.7. The van der Waals surface area contributed by atoms with Gasteiger partial charge >= 0.3 is 6.18 Å². The number of carbonyl (C=O) groups excluding carboxylic acids is 1. The van der Waals surface area contributed by atoms with Gasteiger partial charge in [0.1, 0.15) is 0 Å². The predicted molar refractivity (Wildman–Crippen MR) is 118 cm³/mol. The van der Waals surface area contributed by atoms with Crippen molar-refractivity contribution in [3.8, 4) is 0 Å². The molecule has 0 atom stereocenters. The summed E-state index contributed by atoms with van der Waals surface area (Å²) in [5.41, 5.74) is -0.456. The lowest BCUT2D eigenvalue weighted by atomic mass is 10.1. The van der Waals surface area contributed by atoms with Crippen LogP contribution in [0.1, 0.15) is 28.1 Å². The number of benzene rings is 1. The van der Waals surface area contributed by atoms with E-state index in [1.165, 1.54) is 16.6 Å². The number of aromatic nitrogens is 4. The Morgan fingerprint density at radius 3 is 2.76 bits per heavy atom. The topological polar surface area (TPSA) is 104 Å². The number of amides is 1. The number of thiophene rings is 1. The first kappa shape index (κ1) is 22.5. The highest BCUT2D eigenvalue weighted by Crippen LogP contribution is 2.30. The summed E-state index contributed by atoms with van der Waals surface area (Å²) in [7, 11) is 0. The van der Waals surface area contributed by atoms with Crippen LogP contribution in [0.3, 0.4) is 0 Å². The molecule has 0 fully saturated rings. The first-order chi connectivity index (χ1) is 15.7. The van der Waals surface area contributed by atoms with Crippen molar-refractivity contribution in [2.24, 2.45) is 0 Å². The van der Waals surface area contributed by atoms with Crippen molar-refractivity contribution in [2.45, 2.75) is 32.5 Å². The maximum atomic E-state index is 12.9. The van der Waals surface area contributed by atoms with Crippen molar-refractivity contribution < 1.29 is 18.0 Å². The zero-order chi connectivity index (χ0) is 23.6. The molecule has 0 spiro atoms. The number of anilines is 2. The molecule has 0 radical (unpaired) electrons. The van der Waals surface area contributed by atoms with E-state index in [4.69, 9.17) is 0 Å². The number of fused-ring (bicyclic) bond motifs is 1. The van der Waals surface area contributed by atoms with Crippen LogP contribution in [0.5, 0.6) is 0 Å². The Hall–Kier alpha value is -3.67. The zero-order valence-corrected chi connectivity index (χ0v) is 18.2. The third-order valence-electron chi connectivity index (χ3n) is 4.88. The van der Waals surface area contributed by atoms with E-state index >= 15 is 0 Å². The third-order valence-corrected chi connectivity index (χ3v) is 5.76. The van der Waals surface area contributed by atoms with Gasteiger partial charge in [-0.15, -0.1) is 11.3 Å². The normalized spacial score (nSPS) is 11.6. The number of nitrogens with one attached hydrogen (secondary N) is 3. The van der Waals surface area contributed by atoms with E-state index in [2.05, 4.69) is 25.7 Å². The molecule has 1 aromatic carbocycles. The Kier molecular flexibility index (Phi) is 6.18. The highest BCUT2D eigenvalue weighted by Gasteiger charge is 2.30. The molecule has 0 saturated carbocycles. The fraction of sp³-hybridized carbons (Fsp3) is 0.238. The number of rotatable bonds is 7. The Bertz CT molecular complexity index is 1340. The minimum Gasteiger partial charge on any atom is -0.350 e. The second-order valence-corrected chi connectivity index (χ2v) is 8.28. The number of aryl methyl sites for hydroxylation is 1. The monoisotopic (exact) mass is 476 g/mol. The molecular weight excluding hydrogens is 457 g/mol. The van der Waals surface area contributed by atoms with Crippen LogP contribution >= 0.6 is 11.3 Å². The molecule has 172 valence electrons. The van der Waals surface area contributed by atoms with Gasteiger partial charge in [0.05, 0.1) is 17.8 Å². The first-order valence-electron chi connectivity index (χ1n) is 9.92. The molecule has 8 nitrogen and oxygen atoms in total. The van der Waals surface area contributed by atoms with Crippen molar-refractivity contribution in [2.75, 3.05) is 10.6 Å². The molecule has 0 saturated heterocycles. The van der Waals surface area contributed by atoms with Gasteiger partial charge in [-0.1, -0.05) is 12.1 Å². The van der Waals surface area contributed by atoms with E-state index in [0.717, 1.165) is 17.0 Å². The molecule has 0 aliphatic carbocycles. The summed E-state index contributed by atoms with van der Waals surface area (Å²) in [6.07, 6.45) is -4.53. The highest BCUT2D eigenvalue weighted by atomic mass is 32.1. The molecule has 0 bridgehead atoms. The van der Waals surface area contributed by atoms with Gasteiger partial charge in [0, 0.05) is 22.5 Å². The van der Waals surface area contributed by atoms with Gasteiger partial charge in [0.25, 0.3) is 11.3 Å². The van der Waals surface area contributed by atoms with Crippen molar-refractivity contribution >= 4 is 34.7 Å². The number of H-pyrrole nitrogens is 1. The second kappa shape index (κ2) is 9.06. The van der Waals surface area contributed by atoms with E-state index in [0.29, 0.717) is 23.8 Å². The predicted octanol–water partition coefficient (Wildman–Crippen LogP) is 3.99. The number of alkyl halides is 3. The second-order valence-electron chi connectivity index (χ2n) is 7.25. The van der Waals surface area contributed by atoms with E-state index in [1.54, 1.807) is 18.3 Å². The largest absolute Gasteiger partial charge is 0.416 e. The van der Waals surface area contributed by atoms with E-state index in [9.17, 15) is 22.8 Å². The first-order valence-corrected chi connectivity index (χ1v) is 10.8. The fourth-order valence-electron chi connectivity index (χ4n) is 3.24. The quantitative estimate of drug-likeness (QED) is 0.374. The van der Waals surface area contributed by atoms with Gasteiger partial charge < -0.3 is 10.6 Å². The van der Waals surface area contributed by atoms with Crippen LogP contribution in [0.25, 0.3) is 5.78 Å². The molecule has 0 unspecified atom stereocenters. The van der Waals surface area contributed by atoms with Gasteiger partial charge in [0.2, 0.25) is 11.9 Å². The molecule has 4 rings (SSSR count). The summed E-state index contributed by atoms with van der Waals surface area (Å²) in [6, 6.07) is 8.28. The van der Waals surface area contributed by atoms with Gasteiger partial charge in [0.15, 0.2) is 0 Å². The minimum atomic E-state index is -4.50. The Balaban J connectivity index is 1.45. The van der Waals surface area contributed by atoms with Crippen LogP contribution in [-0.4, -0.2) is 25.5 Å². The average molecular weight is 476 g/mol. The Morgan fingerprint density at radius 1 is 1.21 bits per heavy atom. The summed E-state index contributed by atoms with van der Waals surface area (Å²) >= 11 is 1.59. The van der Waals surface area contributed by atoms with E-state index < -0.39 is 17.6 Å². The maximum Gasteiger partial charge on any atom is 0.416 e. The molecule has 3 N–H and O–H groups in total. The summed E-state index contributed by atoms with van der Waals surface area (Å²) in [5.74, 6) is 0.0660. The van der Waals surface area contributed by atoms with Crippen molar-refractivity contribution in [3.05, 3.63) is 73.8 Å². The van der Waals surface area contributed by atoms with Gasteiger partial charge in [-0.3, -0.25) is 14.7 Å². The summed E-state index contributed by atoms with van der Waals surface area (Å²) in [5, 5.41) is 10.4. The maximum absolute atomic E-state index is 12.9. The van der Waals surface area contributed by atoms with Crippen LogP contribution in [-0.2, 0) is 23.9 Å². The molecule has 33 heavy (non-hydrogen) atoms. The van der Waals surface area contributed by atoms with E-state index in [1.807, 2.05) is 17.5 Å². The summed E-state index contributed by atoms with van der Waals surface area (Å²) in [4.78, 5) is 34.9. The molecular formula is C21H19F3N6O2S. The standard InChI is InChI=1S/C21H19F3N6O2S/c1-12-16(7-8-17(31)27-14-5-2-4-13(10-14)21(22,23)24)18(32)30-20(26-12)28-19(29-30)25-11-15-6-3-9-33-15/h2-6,9-10H,7-8,11H2,1H3,(H,27,31)(H2,25,26,28,29). The lowest BCUT2D eigenvalue weighted by Crippen LogP contribution is -2.23. The van der Waals surface area contributed by atoms with Crippen LogP contribution in [0.4, 0.5) is 24.8 Å². The van der Waals surface area contributed by atoms with Gasteiger partial charge in [-0.25, -0.2) is 4.98 Å². The van der Waals surface area contributed by atoms with Crippen LogP contribution < -0.4 is 16.2 Å². The molecule has 3 aromatic heterocycles. The molecule has 3 heterocycles. The average Bonchev–Trinajstić information content (AvgIpc) is 3.41. The van der Waals surface area contributed by atoms with Crippen LogP contribution in [0, 0.1) is 6.92 Å². The van der Waals surface area contributed by atoms with Crippen molar-refractivity contribution in [3.63, 3.8) is 0 Å². The van der Waals surface area contributed by atoms with E-state index in [-0.39, 0.29) is 29.9 Å². The smallest absolute Gasteiger partial charge is 0.350 e. The number of halogens is 3. The lowest BCUT2D eigenvalue weighted by Gasteiger charge is -2.10. The number of carbonyl (C=O) groups is 1. The SMILES string of the molecule is Cc1nc2nc(NCc3cccs3)[nH]n2c(=O)c1CCC(=O)Nc1cccc(C(F)(F)F)c1. The third kappa shape index (κ3) is 5.22. The Morgan fingerprint density at radius 2 is 2.03 bits per heavy atom. The highest BCUT2D eigenvalue weighted by molar-refractivity contribution is 7.09. The van der Waals surface area contributed by atoms with Crippen molar-refractivity contribution in [1.29, 1.82) is 0 Å². The van der Waals surface area contributed by atoms with Gasteiger partial charge in [-0.2, -0.15) is 22.7 Å². The number of nitrogens with zero attached hydrogens (tertiary/aromatic N) is 3. The number of hydrogen-bond acceptors (Lipinski definition) is 6. The van der Waals surface area contributed by atoms with Crippen LogP contribution in [0.2, 0.25) is 0 Å². The lowest BCUT2D eigenvalue weighted by molar-refractivity contribution is -0.137. The minimum absolute atomic E-state index is 0.0341. The molecule has 0 aliphatic heterocycles. The number of hydrogen-bond donors (Lipinski definition) is 3. The number of aromatic amines is 1. The molecule has 0 aliphatic rings. The molecule has 1 amide bonds. The fourth-order valence-corrected chi connectivity index (χ4v) is 3.89. The molecule has 4 aromatic rings. The van der Waals surface area contributed by atoms with Crippen molar-refractivity contribution in [1.82, 2.24) is 19.6 Å².